The van der Waals surface area contributed by atoms with E-state index in [0.717, 1.165) is 9.80 Å². The van der Waals surface area contributed by atoms with Gasteiger partial charge >= 0.3 is 0 Å². The number of thioether (sulfide) groups is 1. The topological polar surface area (TPSA) is 34.1 Å². The lowest BCUT2D eigenvalue weighted by Gasteiger charge is -2.02. The third-order valence-corrected chi connectivity index (χ3v) is 5.91. The van der Waals surface area contributed by atoms with Gasteiger partial charge in [-0.25, -0.2) is 8.42 Å². The summed E-state index contributed by atoms with van der Waals surface area (Å²) in [4.78, 5) is 2.05. The molecule has 4 heteroatoms. The van der Waals surface area contributed by atoms with E-state index in [1.807, 2.05) is 43.3 Å². The Bertz CT molecular complexity index is 489. The van der Waals surface area contributed by atoms with Gasteiger partial charge in [0.05, 0.1) is 11.0 Å². The summed E-state index contributed by atoms with van der Waals surface area (Å²) in [6, 6.07) is 9.88. The van der Waals surface area contributed by atoms with Crippen LogP contribution in [0.3, 0.4) is 0 Å². The highest BCUT2D eigenvalue weighted by atomic mass is 32.2. The Morgan fingerprint density at radius 3 is 2.56 bits per heavy atom. The lowest BCUT2D eigenvalue weighted by atomic mass is 10.3. The fraction of sp³-hybridized carbons (Fsp3) is 0.333. The summed E-state index contributed by atoms with van der Waals surface area (Å²) >= 11 is 1.55. The summed E-state index contributed by atoms with van der Waals surface area (Å²) in [5.74, 6) is 0.199. The van der Waals surface area contributed by atoms with Gasteiger partial charge in [-0.1, -0.05) is 43.0 Å². The molecule has 16 heavy (non-hydrogen) atoms. The smallest absolute Gasteiger partial charge is 0.161 e. The maximum absolute atomic E-state index is 11.7. The molecule has 0 aliphatic carbocycles. The molecule has 86 valence electrons. The number of hydrogen-bond donors (Lipinski definition) is 0. The second-order valence-corrected chi connectivity index (χ2v) is 7.22. The molecule has 0 N–H and O–H groups in total. The molecule has 2 rings (SSSR count). The normalized spacial score (nSPS) is 23.1. The van der Waals surface area contributed by atoms with Crippen molar-refractivity contribution in [3.63, 3.8) is 0 Å². The summed E-state index contributed by atoms with van der Waals surface area (Å²) in [5.41, 5.74) is 0. The molecule has 1 heterocycles. The third kappa shape index (κ3) is 2.50. The predicted molar refractivity (Wildman–Crippen MR) is 68.2 cm³/mol. The quantitative estimate of drug-likeness (QED) is 0.831. The number of benzene rings is 1. The van der Waals surface area contributed by atoms with Crippen molar-refractivity contribution >= 4 is 21.6 Å². The Balaban J connectivity index is 2.14. The minimum absolute atomic E-state index is 0.199. The van der Waals surface area contributed by atoms with Crippen LogP contribution in [0.1, 0.15) is 13.3 Å². The molecule has 2 nitrogen and oxygen atoms in total. The molecular weight excluding hydrogens is 240 g/mol. The SMILES string of the molecule is CCC1C=C(Sc2ccccc2)CS1(=O)=O. The van der Waals surface area contributed by atoms with Crippen LogP contribution in [0.5, 0.6) is 0 Å². The van der Waals surface area contributed by atoms with Crippen LogP contribution in [0.15, 0.2) is 46.2 Å². The molecule has 1 aliphatic rings. The molecule has 0 saturated heterocycles. The molecule has 0 saturated carbocycles. The second kappa shape index (κ2) is 4.63. The Hall–Kier alpha value is -0.740. The molecule has 1 unspecified atom stereocenters. The van der Waals surface area contributed by atoms with E-state index in [1.165, 1.54) is 0 Å². The lowest BCUT2D eigenvalue weighted by molar-refractivity contribution is 0.592. The van der Waals surface area contributed by atoms with Crippen molar-refractivity contribution in [2.45, 2.75) is 23.5 Å². The van der Waals surface area contributed by atoms with Gasteiger partial charge in [-0.05, 0) is 18.6 Å². The molecule has 0 bridgehead atoms. The minimum Gasteiger partial charge on any atom is -0.228 e. The molecule has 1 aliphatic heterocycles. The van der Waals surface area contributed by atoms with E-state index < -0.39 is 9.84 Å². The van der Waals surface area contributed by atoms with E-state index in [-0.39, 0.29) is 11.0 Å². The fourth-order valence-electron chi connectivity index (χ4n) is 1.74. The molecule has 0 fully saturated rings. The summed E-state index contributed by atoms with van der Waals surface area (Å²) in [6.07, 6.45) is 2.56. The van der Waals surface area contributed by atoms with Crippen molar-refractivity contribution in [2.75, 3.05) is 5.75 Å². The van der Waals surface area contributed by atoms with Gasteiger partial charge in [-0.15, -0.1) is 0 Å². The zero-order valence-corrected chi connectivity index (χ0v) is 10.7. The fourth-order valence-corrected chi connectivity index (χ4v) is 4.97. The van der Waals surface area contributed by atoms with Gasteiger partial charge < -0.3 is 0 Å². The summed E-state index contributed by atoms with van der Waals surface area (Å²) < 4.78 is 23.5. The van der Waals surface area contributed by atoms with Gasteiger partial charge in [-0.2, -0.15) is 0 Å². The molecule has 0 aromatic heterocycles. The van der Waals surface area contributed by atoms with Crippen LogP contribution in [0.4, 0.5) is 0 Å². The van der Waals surface area contributed by atoms with E-state index in [9.17, 15) is 8.42 Å². The van der Waals surface area contributed by atoms with Crippen molar-refractivity contribution in [3.05, 3.63) is 41.3 Å². The number of rotatable bonds is 3. The van der Waals surface area contributed by atoms with Crippen molar-refractivity contribution in [2.24, 2.45) is 0 Å². The zero-order chi connectivity index (χ0) is 11.6. The molecule has 1 atom stereocenters. The van der Waals surface area contributed by atoms with Gasteiger partial charge in [0.25, 0.3) is 0 Å². The van der Waals surface area contributed by atoms with Gasteiger partial charge in [0.2, 0.25) is 0 Å². The maximum Gasteiger partial charge on any atom is 0.161 e. The van der Waals surface area contributed by atoms with Crippen LogP contribution in [0.25, 0.3) is 0 Å². The first kappa shape index (κ1) is 11.7. The molecule has 0 spiro atoms. The highest BCUT2D eigenvalue weighted by molar-refractivity contribution is 8.05. The van der Waals surface area contributed by atoms with Crippen molar-refractivity contribution in [3.8, 4) is 0 Å². The van der Waals surface area contributed by atoms with Gasteiger partial charge in [0.15, 0.2) is 9.84 Å². The van der Waals surface area contributed by atoms with E-state index in [4.69, 9.17) is 0 Å². The third-order valence-electron chi connectivity index (χ3n) is 2.57. The Morgan fingerprint density at radius 2 is 2.00 bits per heavy atom. The van der Waals surface area contributed by atoms with E-state index in [2.05, 4.69) is 0 Å². The van der Waals surface area contributed by atoms with E-state index in [0.29, 0.717) is 6.42 Å². The highest BCUT2D eigenvalue weighted by Crippen LogP contribution is 2.34. The van der Waals surface area contributed by atoms with E-state index >= 15 is 0 Å². The van der Waals surface area contributed by atoms with Crippen molar-refractivity contribution in [1.29, 1.82) is 0 Å². The standard InChI is InChI=1S/C12H14O2S2/c1-2-12-8-11(9-16(12,13)14)15-10-6-4-3-5-7-10/h3-8,12H,2,9H2,1H3. The summed E-state index contributed by atoms with van der Waals surface area (Å²) in [5, 5.41) is -0.279. The van der Waals surface area contributed by atoms with Crippen LogP contribution in [0, 0.1) is 0 Å². The first-order valence-electron chi connectivity index (χ1n) is 5.27. The monoisotopic (exact) mass is 254 g/mol. The second-order valence-electron chi connectivity index (χ2n) is 3.80. The van der Waals surface area contributed by atoms with Crippen molar-refractivity contribution in [1.82, 2.24) is 0 Å². The van der Waals surface area contributed by atoms with Crippen LogP contribution in [0.2, 0.25) is 0 Å². The highest BCUT2D eigenvalue weighted by Gasteiger charge is 2.30. The molecule has 1 aromatic rings. The average molecular weight is 254 g/mol. The largest absolute Gasteiger partial charge is 0.228 e. The average Bonchev–Trinajstić information content (AvgIpc) is 2.54. The van der Waals surface area contributed by atoms with Crippen molar-refractivity contribution < 1.29 is 8.42 Å². The maximum atomic E-state index is 11.7. The zero-order valence-electron chi connectivity index (χ0n) is 9.09. The molecular formula is C12H14O2S2. The van der Waals surface area contributed by atoms with Crippen LogP contribution >= 0.6 is 11.8 Å². The Labute approximate surface area is 101 Å². The van der Waals surface area contributed by atoms with Gasteiger partial charge in [0, 0.05) is 9.80 Å². The Kier molecular flexibility index (Phi) is 3.40. The Morgan fingerprint density at radius 1 is 1.31 bits per heavy atom. The number of sulfone groups is 1. The predicted octanol–water partition coefficient (Wildman–Crippen LogP) is 2.87. The van der Waals surface area contributed by atoms with Crippen LogP contribution in [-0.2, 0) is 9.84 Å². The first-order valence-corrected chi connectivity index (χ1v) is 7.80. The molecule has 0 radical (unpaired) electrons. The number of hydrogen-bond acceptors (Lipinski definition) is 3. The summed E-state index contributed by atoms with van der Waals surface area (Å²) in [6.45, 7) is 1.91. The van der Waals surface area contributed by atoms with Crippen LogP contribution < -0.4 is 0 Å². The lowest BCUT2D eigenvalue weighted by Crippen LogP contribution is -2.14. The molecule has 1 aromatic carbocycles. The summed E-state index contributed by atoms with van der Waals surface area (Å²) in [7, 11) is -2.92. The van der Waals surface area contributed by atoms with Crippen LogP contribution in [-0.4, -0.2) is 19.4 Å². The van der Waals surface area contributed by atoms with Gasteiger partial charge in [0.1, 0.15) is 0 Å². The minimum atomic E-state index is -2.92. The van der Waals surface area contributed by atoms with E-state index in [1.54, 1.807) is 11.8 Å². The first-order chi connectivity index (χ1) is 7.62. The van der Waals surface area contributed by atoms with Gasteiger partial charge in [-0.3, -0.25) is 0 Å². The molecule has 0 amide bonds.